The summed E-state index contributed by atoms with van der Waals surface area (Å²) in [5.74, 6) is -1.15. The van der Waals surface area contributed by atoms with E-state index in [-0.39, 0.29) is 16.7 Å². The molecule has 8 heteroatoms. The van der Waals surface area contributed by atoms with Gasteiger partial charge in [-0.15, -0.1) is 0 Å². The van der Waals surface area contributed by atoms with Crippen LogP contribution < -0.4 is 4.72 Å². The number of aromatic nitrogens is 1. The molecule has 0 aromatic carbocycles. The van der Waals surface area contributed by atoms with Gasteiger partial charge in [0.2, 0.25) is 0 Å². The third-order valence-corrected chi connectivity index (χ3v) is 5.04. The van der Waals surface area contributed by atoms with Crippen LogP contribution >= 0.6 is 0 Å². The molecular formula is C12H16N2O5S. The highest BCUT2D eigenvalue weighted by Crippen LogP contribution is 2.27. The Morgan fingerprint density at radius 2 is 2.25 bits per heavy atom. The minimum absolute atomic E-state index is 0.0623. The van der Waals surface area contributed by atoms with Crippen molar-refractivity contribution in [1.82, 2.24) is 9.71 Å². The quantitative estimate of drug-likeness (QED) is 0.844. The minimum Gasteiger partial charge on any atom is -0.478 e. The van der Waals surface area contributed by atoms with Gasteiger partial charge in [0.1, 0.15) is 0 Å². The molecule has 0 saturated carbocycles. The Hall–Kier alpha value is -1.51. The molecule has 110 valence electrons. The third kappa shape index (κ3) is 2.82. The van der Waals surface area contributed by atoms with Crippen molar-refractivity contribution in [3.05, 3.63) is 23.9 Å². The van der Waals surface area contributed by atoms with Crippen molar-refractivity contribution in [2.75, 3.05) is 6.61 Å². The molecule has 1 aliphatic rings. The van der Waals surface area contributed by atoms with Gasteiger partial charge in [0.25, 0.3) is 10.0 Å². The van der Waals surface area contributed by atoms with E-state index in [4.69, 9.17) is 9.84 Å². The molecule has 20 heavy (non-hydrogen) atoms. The maximum atomic E-state index is 12.2. The third-order valence-electron chi connectivity index (χ3n) is 3.51. The van der Waals surface area contributed by atoms with Gasteiger partial charge in [-0.25, -0.2) is 22.9 Å². The van der Waals surface area contributed by atoms with Gasteiger partial charge in [-0.2, -0.15) is 0 Å². The first-order chi connectivity index (χ1) is 9.24. The number of ether oxygens (including phenoxy) is 1. The van der Waals surface area contributed by atoms with Crippen molar-refractivity contribution < 1.29 is 23.1 Å². The first kappa shape index (κ1) is 14.9. The highest BCUT2D eigenvalue weighted by Gasteiger charge is 2.40. The number of carboxylic acids is 1. The van der Waals surface area contributed by atoms with Crippen LogP contribution in [-0.2, 0) is 14.8 Å². The lowest BCUT2D eigenvalue weighted by Gasteiger charge is -2.28. The van der Waals surface area contributed by atoms with Crippen LogP contribution in [0, 0.1) is 0 Å². The van der Waals surface area contributed by atoms with E-state index < -0.39 is 21.5 Å². The summed E-state index contributed by atoms with van der Waals surface area (Å²) in [5, 5.41) is 8.56. The van der Waals surface area contributed by atoms with E-state index in [1.54, 1.807) is 13.8 Å². The Labute approximate surface area is 117 Å². The normalized spacial score (nSPS) is 26.6. The molecule has 1 fully saturated rings. The lowest BCUT2D eigenvalue weighted by Crippen LogP contribution is -2.50. The standard InChI is InChI=1S/C12H16N2O5S/c1-8-12(2,5-6-19-8)14-20(17,18)10-4-3-9(7-13-10)11(15)16/h3-4,7-8,14H,5-6H2,1-2H3,(H,15,16). The van der Waals surface area contributed by atoms with E-state index in [0.29, 0.717) is 13.0 Å². The second-order valence-electron chi connectivity index (χ2n) is 4.98. The number of nitrogens with one attached hydrogen (secondary N) is 1. The van der Waals surface area contributed by atoms with Gasteiger partial charge in [0.15, 0.2) is 5.03 Å². The Morgan fingerprint density at radius 3 is 2.70 bits per heavy atom. The Bertz CT molecular complexity index is 613. The van der Waals surface area contributed by atoms with Gasteiger partial charge in [0, 0.05) is 12.8 Å². The number of nitrogens with zero attached hydrogens (tertiary/aromatic N) is 1. The number of sulfonamides is 1. The molecule has 1 aromatic heterocycles. The molecule has 1 aliphatic heterocycles. The summed E-state index contributed by atoms with van der Waals surface area (Å²) < 4.78 is 32.4. The zero-order chi connectivity index (χ0) is 15.0. The Balaban J connectivity index is 2.24. The number of hydrogen-bond acceptors (Lipinski definition) is 5. The van der Waals surface area contributed by atoms with Crippen molar-refractivity contribution in [1.29, 1.82) is 0 Å². The van der Waals surface area contributed by atoms with Crippen molar-refractivity contribution in [3.8, 4) is 0 Å². The molecule has 2 unspecified atom stereocenters. The van der Waals surface area contributed by atoms with Crippen LogP contribution in [0.2, 0.25) is 0 Å². The average Bonchev–Trinajstić information content (AvgIpc) is 2.68. The molecule has 0 spiro atoms. The van der Waals surface area contributed by atoms with Gasteiger partial charge in [-0.05, 0) is 32.4 Å². The second kappa shape index (κ2) is 5.12. The van der Waals surface area contributed by atoms with Crippen LogP contribution in [0.3, 0.4) is 0 Å². The van der Waals surface area contributed by atoms with Crippen LogP contribution in [0.25, 0.3) is 0 Å². The van der Waals surface area contributed by atoms with Gasteiger partial charge >= 0.3 is 5.97 Å². The topological polar surface area (TPSA) is 106 Å². The fraction of sp³-hybridized carbons (Fsp3) is 0.500. The molecule has 0 amide bonds. The maximum Gasteiger partial charge on any atom is 0.337 e. The van der Waals surface area contributed by atoms with E-state index >= 15 is 0 Å². The first-order valence-corrected chi connectivity index (χ1v) is 7.58. The number of carboxylic acid groups (broad SMARTS) is 1. The van der Waals surface area contributed by atoms with Gasteiger partial charge in [0.05, 0.1) is 17.2 Å². The lowest BCUT2D eigenvalue weighted by atomic mass is 9.97. The summed E-state index contributed by atoms with van der Waals surface area (Å²) in [6.07, 6.45) is 1.35. The van der Waals surface area contributed by atoms with Gasteiger partial charge in [-0.3, -0.25) is 0 Å². The van der Waals surface area contributed by atoms with E-state index in [0.717, 1.165) is 6.20 Å². The van der Waals surface area contributed by atoms with Crippen molar-refractivity contribution in [2.24, 2.45) is 0 Å². The molecular weight excluding hydrogens is 284 g/mol. The van der Waals surface area contributed by atoms with E-state index in [1.165, 1.54) is 12.1 Å². The molecule has 0 bridgehead atoms. The SMILES string of the molecule is CC1OCCC1(C)NS(=O)(=O)c1ccc(C(=O)O)cn1. The van der Waals surface area contributed by atoms with E-state index in [2.05, 4.69) is 9.71 Å². The molecule has 1 aromatic rings. The number of carbonyl (C=O) groups is 1. The van der Waals surface area contributed by atoms with Crippen molar-refractivity contribution in [2.45, 2.75) is 36.9 Å². The van der Waals surface area contributed by atoms with Crippen LogP contribution in [0.4, 0.5) is 0 Å². The van der Waals surface area contributed by atoms with Crippen LogP contribution in [0.5, 0.6) is 0 Å². The summed E-state index contributed by atoms with van der Waals surface area (Å²) in [4.78, 5) is 14.4. The fourth-order valence-corrected chi connectivity index (χ4v) is 3.42. The zero-order valence-corrected chi connectivity index (χ0v) is 12.0. The summed E-state index contributed by atoms with van der Waals surface area (Å²) in [7, 11) is -3.81. The van der Waals surface area contributed by atoms with Crippen LogP contribution in [0.1, 0.15) is 30.6 Å². The molecule has 2 heterocycles. The lowest BCUT2D eigenvalue weighted by molar-refractivity contribution is 0.0696. The fourth-order valence-electron chi connectivity index (χ4n) is 1.99. The number of aromatic carboxylic acids is 1. The molecule has 1 saturated heterocycles. The van der Waals surface area contributed by atoms with E-state index in [1.807, 2.05) is 0 Å². The Morgan fingerprint density at radius 1 is 1.55 bits per heavy atom. The van der Waals surface area contributed by atoms with Crippen LogP contribution in [0.15, 0.2) is 23.4 Å². The molecule has 0 radical (unpaired) electrons. The highest BCUT2D eigenvalue weighted by atomic mass is 32.2. The van der Waals surface area contributed by atoms with Gasteiger partial charge in [-0.1, -0.05) is 0 Å². The largest absolute Gasteiger partial charge is 0.478 e. The van der Waals surface area contributed by atoms with Crippen LogP contribution in [-0.4, -0.2) is 42.7 Å². The highest BCUT2D eigenvalue weighted by molar-refractivity contribution is 7.89. The average molecular weight is 300 g/mol. The smallest absolute Gasteiger partial charge is 0.337 e. The second-order valence-corrected chi connectivity index (χ2v) is 6.61. The molecule has 7 nitrogen and oxygen atoms in total. The zero-order valence-electron chi connectivity index (χ0n) is 11.2. The minimum atomic E-state index is -3.81. The summed E-state index contributed by atoms with van der Waals surface area (Å²) in [5.41, 5.74) is -0.751. The molecule has 2 rings (SSSR count). The number of rotatable bonds is 4. The van der Waals surface area contributed by atoms with Crippen molar-refractivity contribution in [3.63, 3.8) is 0 Å². The number of hydrogen-bond donors (Lipinski definition) is 2. The van der Waals surface area contributed by atoms with Crippen molar-refractivity contribution >= 4 is 16.0 Å². The van der Waals surface area contributed by atoms with E-state index in [9.17, 15) is 13.2 Å². The van der Waals surface area contributed by atoms with Gasteiger partial charge < -0.3 is 9.84 Å². The predicted molar refractivity (Wildman–Crippen MR) is 70.0 cm³/mol. The first-order valence-electron chi connectivity index (χ1n) is 6.09. The number of pyridine rings is 1. The molecule has 0 aliphatic carbocycles. The molecule has 2 N–H and O–H groups in total. The monoisotopic (exact) mass is 300 g/mol. The summed E-state index contributed by atoms with van der Waals surface area (Å²) in [6, 6.07) is 2.39. The predicted octanol–water partition coefficient (Wildman–Crippen LogP) is 0.626. The summed E-state index contributed by atoms with van der Waals surface area (Å²) >= 11 is 0. The maximum absolute atomic E-state index is 12.2. The Kier molecular flexibility index (Phi) is 3.81. The molecule has 2 atom stereocenters. The summed E-state index contributed by atoms with van der Waals surface area (Å²) in [6.45, 7) is 4.07.